The topological polar surface area (TPSA) is 51.1 Å². The van der Waals surface area contributed by atoms with Crippen LogP contribution in [0.4, 0.5) is 5.69 Å². The fourth-order valence-electron chi connectivity index (χ4n) is 2.80. The van der Waals surface area contributed by atoms with Gasteiger partial charge in [0.15, 0.2) is 16.7 Å². The van der Waals surface area contributed by atoms with Gasteiger partial charge in [0.05, 0.1) is 24.3 Å². The minimum Gasteiger partial charge on any atom is -0.493 e. The van der Waals surface area contributed by atoms with Crippen LogP contribution in [-0.4, -0.2) is 36.2 Å². The number of hydrogen-bond acceptors (Lipinski definition) is 5. The SMILES string of the molecule is CCOc1ccc(/C=C2/SC(=Nc3ccc(C)cc3)N(CC)C2=O)cc1OC. The fraction of sp³-hybridized carbons (Fsp3) is 0.273. The maximum atomic E-state index is 12.8. The summed E-state index contributed by atoms with van der Waals surface area (Å²) in [6.07, 6.45) is 1.87. The molecule has 3 rings (SSSR count). The number of carbonyl (C=O) groups excluding carboxylic acids is 1. The lowest BCUT2D eigenvalue weighted by atomic mass is 10.2. The van der Waals surface area contributed by atoms with Gasteiger partial charge < -0.3 is 9.47 Å². The number of ether oxygens (including phenoxy) is 2. The van der Waals surface area contributed by atoms with Crippen LogP contribution in [0.15, 0.2) is 52.4 Å². The standard InChI is InChI=1S/C22H24N2O3S/c1-5-24-21(25)20(28-22(24)23-17-10-7-15(3)8-11-17)14-16-9-12-18(27-6-2)19(13-16)26-4/h7-14H,5-6H2,1-4H3/b20-14+,23-22?. The van der Waals surface area contributed by atoms with Crippen molar-refractivity contribution in [3.63, 3.8) is 0 Å². The van der Waals surface area contributed by atoms with E-state index < -0.39 is 0 Å². The Morgan fingerprint density at radius 3 is 2.50 bits per heavy atom. The van der Waals surface area contributed by atoms with Gasteiger partial charge in [0.1, 0.15) is 0 Å². The lowest BCUT2D eigenvalue weighted by molar-refractivity contribution is -0.122. The van der Waals surface area contributed by atoms with Gasteiger partial charge in [-0.05, 0) is 68.4 Å². The zero-order valence-corrected chi connectivity index (χ0v) is 17.4. The summed E-state index contributed by atoms with van der Waals surface area (Å²) in [7, 11) is 1.61. The van der Waals surface area contributed by atoms with Crippen LogP contribution in [0, 0.1) is 6.92 Å². The van der Waals surface area contributed by atoms with Crippen LogP contribution in [0.2, 0.25) is 0 Å². The van der Waals surface area contributed by atoms with E-state index in [1.54, 1.807) is 12.0 Å². The summed E-state index contributed by atoms with van der Waals surface area (Å²) in [5.74, 6) is 1.30. The van der Waals surface area contributed by atoms with Gasteiger partial charge in [-0.25, -0.2) is 4.99 Å². The number of amides is 1. The molecule has 1 saturated heterocycles. The molecule has 0 radical (unpaired) electrons. The van der Waals surface area contributed by atoms with Crippen LogP contribution >= 0.6 is 11.8 Å². The fourth-order valence-corrected chi connectivity index (χ4v) is 3.86. The van der Waals surface area contributed by atoms with Crippen molar-refractivity contribution >= 4 is 34.6 Å². The van der Waals surface area contributed by atoms with E-state index in [1.165, 1.54) is 17.3 Å². The Morgan fingerprint density at radius 2 is 1.86 bits per heavy atom. The largest absolute Gasteiger partial charge is 0.493 e. The Kier molecular flexibility index (Phi) is 6.41. The van der Waals surface area contributed by atoms with E-state index in [0.29, 0.717) is 34.7 Å². The molecule has 1 heterocycles. The van der Waals surface area contributed by atoms with Crippen molar-refractivity contribution in [3.05, 3.63) is 58.5 Å². The summed E-state index contributed by atoms with van der Waals surface area (Å²) in [6, 6.07) is 13.6. The number of carbonyl (C=O) groups is 1. The highest BCUT2D eigenvalue weighted by Crippen LogP contribution is 2.35. The number of aliphatic imine (C=N–C) groups is 1. The molecule has 0 saturated carbocycles. The van der Waals surface area contributed by atoms with Gasteiger partial charge in [0.2, 0.25) is 0 Å². The number of aryl methyl sites for hydroxylation is 1. The third-order valence-corrected chi connectivity index (χ3v) is 5.25. The van der Waals surface area contributed by atoms with Gasteiger partial charge in [-0.3, -0.25) is 9.69 Å². The maximum Gasteiger partial charge on any atom is 0.266 e. The first kappa shape index (κ1) is 20.0. The van der Waals surface area contributed by atoms with Gasteiger partial charge in [-0.1, -0.05) is 23.8 Å². The number of likely N-dealkylation sites (N-methyl/N-ethyl adjacent to an activating group) is 1. The van der Waals surface area contributed by atoms with Crippen molar-refractivity contribution in [2.75, 3.05) is 20.3 Å². The van der Waals surface area contributed by atoms with Crippen molar-refractivity contribution in [1.82, 2.24) is 4.90 Å². The van der Waals surface area contributed by atoms with Crippen LogP contribution in [-0.2, 0) is 4.79 Å². The molecule has 2 aromatic carbocycles. The molecular formula is C22H24N2O3S. The summed E-state index contributed by atoms with van der Waals surface area (Å²) in [6.45, 7) is 7.05. The van der Waals surface area contributed by atoms with Gasteiger partial charge in [0.25, 0.3) is 5.91 Å². The first-order valence-corrected chi connectivity index (χ1v) is 10.0. The van der Waals surface area contributed by atoms with Crippen LogP contribution in [0.5, 0.6) is 11.5 Å². The highest BCUT2D eigenvalue weighted by atomic mass is 32.2. The predicted octanol–water partition coefficient (Wildman–Crippen LogP) is 5.03. The summed E-state index contributed by atoms with van der Waals surface area (Å²) in [4.78, 5) is 19.8. The quantitative estimate of drug-likeness (QED) is 0.643. The van der Waals surface area contributed by atoms with Crippen molar-refractivity contribution < 1.29 is 14.3 Å². The number of hydrogen-bond donors (Lipinski definition) is 0. The third-order valence-electron chi connectivity index (χ3n) is 4.25. The molecule has 1 fully saturated rings. The van der Waals surface area contributed by atoms with E-state index >= 15 is 0 Å². The molecule has 0 N–H and O–H groups in total. The predicted molar refractivity (Wildman–Crippen MR) is 115 cm³/mol. The van der Waals surface area contributed by atoms with Crippen molar-refractivity contribution in [2.24, 2.45) is 4.99 Å². The molecule has 0 aromatic heterocycles. The Morgan fingerprint density at radius 1 is 1.11 bits per heavy atom. The number of nitrogens with zero attached hydrogens (tertiary/aromatic N) is 2. The highest BCUT2D eigenvalue weighted by molar-refractivity contribution is 8.18. The highest BCUT2D eigenvalue weighted by Gasteiger charge is 2.32. The molecule has 1 aliphatic rings. The summed E-state index contributed by atoms with van der Waals surface area (Å²) in [5.41, 5.74) is 2.89. The molecule has 146 valence electrons. The molecule has 1 aliphatic heterocycles. The van der Waals surface area contributed by atoms with Crippen molar-refractivity contribution in [1.29, 1.82) is 0 Å². The Balaban J connectivity index is 1.90. The van der Waals surface area contributed by atoms with Crippen LogP contribution in [0.3, 0.4) is 0 Å². The minimum absolute atomic E-state index is 0.0359. The second kappa shape index (κ2) is 8.97. The van der Waals surface area contributed by atoms with E-state index in [2.05, 4.69) is 4.99 Å². The number of benzene rings is 2. The molecule has 28 heavy (non-hydrogen) atoms. The summed E-state index contributed by atoms with van der Waals surface area (Å²) < 4.78 is 11.0. The molecule has 0 unspecified atom stereocenters. The van der Waals surface area contributed by atoms with Crippen molar-refractivity contribution in [3.8, 4) is 11.5 Å². The smallest absolute Gasteiger partial charge is 0.266 e. The molecule has 0 spiro atoms. The van der Waals surface area contributed by atoms with E-state index in [4.69, 9.17) is 9.47 Å². The number of rotatable bonds is 6. The van der Waals surface area contributed by atoms with Crippen molar-refractivity contribution in [2.45, 2.75) is 20.8 Å². The van der Waals surface area contributed by atoms with Gasteiger partial charge in [0, 0.05) is 6.54 Å². The number of thioether (sulfide) groups is 1. The second-order valence-corrected chi connectivity index (χ2v) is 7.24. The lowest BCUT2D eigenvalue weighted by Crippen LogP contribution is -2.28. The van der Waals surface area contributed by atoms with Gasteiger partial charge in [-0.15, -0.1) is 0 Å². The lowest BCUT2D eigenvalue weighted by Gasteiger charge is -2.12. The minimum atomic E-state index is -0.0359. The number of amidine groups is 1. The van der Waals surface area contributed by atoms with Crippen LogP contribution < -0.4 is 9.47 Å². The molecule has 0 bridgehead atoms. The molecule has 5 nitrogen and oxygen atoms in total. The first-order chi connectivity index (χ1) is 13.5. The molecule has 6 heteroatoms. The van der Waals surface area contributed by atoms with E-state index in [0.717, 1.165) is 11.3 Å². The van der Waals surface area contributed by atoms with Gasteiger partial charge in [-0.2, -0.15) is 0 Å². The summed E-state index contributed by atoms with van der Waals surface area (Å²) in [5, 5.41) is 0.695. The Bertz CT molecular complexity index is 920. The number of methoxy groups -OCH3 is 1. The zero-order chi connectivity index (χ0) is 20.1. The normalized spacial score (nSPS) is 16.9. The summed E-state index contributed by atoms with van der Waals surface area (Å²) >= 11 is 1.39. The van der Waals surface area contributed by atoms with Crippen LogP contribution in [0.25, 0.3) is 6.08 Å². The van der Waals surface area contributed by atoms with E-state index in [1.807, 2.05) is 69.3 Å². The third kappa shape index (κ3) is 4.39. The molecule has 0 atom stereocenters. The average molecular weight is 397 g/mol. The Hall–Kier alpha value is -2.73. The van der Waals surface area contributed by atoms with Gasteiger partial charge >= 0.3 is 0 Å². The second-order valence-electron chi connectivity index (χ2n) is 6.23. The monoisotopic (exact) mass is 396 g/mol. The maximum absolute atomic E-state index is 12.8. The first-order valence-electron chi connectivity index (χ1n) is 9.23. The molecule has 1 amide bonds. The van der Waals surface area contributed by atoms with E-state index in [-0.39, 0.29) is 5.91 Å². The average Bonchev–Trinajstić information content (AvgIpc) is 2.99. The molecular weight excluding hydrogens is 372 g/mol. The Labute approximate surface area is 170 Å². The molecule has 0 aliphatic carbocycles. The van der Waals surface area contributed by atoms with E-state index in [9.17, 15) is 4.79 Å². The molecule has 2 aromatic rings. The zero-order valence-electron chi connectivity index (χ0n) is 16.6. The van der Waals surface area contributed by atoms with Crippen LogP contribution in [0.1, 0.15) is 25.0 Å².